The summed E-state index contributed by atoms with van der Waals surface area (Å²) in [4.78, 5) is 0. The van der Waals surface area contributed by atoms with Gasteiger partial charge < -0.3 is 4.42 Å². The number of fused-ring (bicyclic) bond motifs is 5. The van der Waals surface area contributed by atoms with Gasteiger partial charge in [-0.25, -0.2) is 0 Å². The fraction of sp³-hybridized carbons (Fsp3) is 0. The van der Waals surface area contributed by atoms with E-state index >= 15 is 0 Å². The first-order valence-electron chi connectivity index (χ1n) is 17.5. The average Bonchev–Trinajstić information content (AvgIpc) is 3.58. The van der Waals surface area contributed by atoms with Gasteiger partial charge in [0.15, 0.2) is 0 Å². The fourth-order valence-corrected chi connectivity index (χ4v) is 7.83. The van der Waals surface area contributed by atoms with Crippen LogP contribution in [0.15, 0.2) is 199 Å². The molecule has 1 aromatic heterocycles. The van der Waals surface area contributed by atoms with Crippen molar-refractivity contribution in [3.8, 4) is 55.6 Å². The van der Waals surface area contributed by atoms with E-state index in [1.807, 2.05) is 0 Å². The monoisotopic (exact) mass is 648 g/mol. The van der Waals surface area contributed by atoms with E-state index in [1.165, 1.54) is 77.2 Å². The topological polar surface area (TPSA) is 13.1 Å². The normalized spacial score (nSPS) is 11.5. The molecule has 0 aliphatic carbocycles. The lowest BCUT2D eigenvalue weighted by Gasteiger charge is -2.18. The highest BCUT2D eigenvalue weighted by atomic mass is 16.3. The van der Waals surface area contributed by atoms with Crippen LogP contribution in [0.2, 0.25) is 0 Å². The lowest BCUT2D eigenvalue weighted by atomic mass is 9.86. The maximum atomic E-state index is 6.33. The molecule has 9 aromatic carbocycles. The Kier molecular flexibility index (Phi) is 6.89. The molecule has 0 aliphatic rings. The van der Waals surface area contributed by atoms with E-state index in [2.05, 4.69) is 194 Å². The Morgan fingerprint density at radius 3 is 1.08 bits per heavy atom. The van der Waals surface area contributed by atoms with Gasteiger partial charge in [0, 0.05) is 10.8 Å². The minimum Gasteiger partial charge on any atom is -0.456 e. The number of hydrogen-bond donors (Lipinski definition) is 0. The molecule has 51 heavy (non-hydrogen) atoms. The summed E-state index contributed by atoms with van der Waals surface area (Å²) in [6.07, 6.45) is 0. The van der Waals surface area contributed by atoms with Crippen LogP contribution in [0.3, 0.4) is 0 Å². The van der Waals surface area contributed by atoms with E-state index in [4.69, 9.17) is 4.42 Å². The average molecular weight is 649 g/mol. The minimum absolute atomic E-state index is 0.900. The van der Waals surface area contributed by atoms with Gasteiger partial charge in [0.05, 0.1) is 0 Å². The maximum Gasteiger partial charge on any atom is 0.135 e. The fourth-order valence-electron chi connectivity index (χ4n) is 7.83. The molecule has 10 rings (SSSR count). The lowest BCUT2D eigenvalue weighted by Crippen LogP contribution is -1.90. The van der Waals surface area contributed by atoms with E-state index in [1.54, 1.807) is 0 Å². The van der Waals surface area contributed by atoms with Gasteiger partial charge in [0.2, 0.25) is 0 Å². The number of benzene rings is 9. The molecular formula is C50H32O. The molecule has 0 saturated carbocycles. The van der Waals surface area contributed by atoms with Crippen molar-refractivity contribution >= 4 is 43.5 Å². The second-order valence-electron chi connectivity index (χ2n) is 13.3. The van der Waals surface area contributed by atoms with E-state index in [-0.39, 0.29) is 0 Å². The summed E-state index contributed by atoms with van der Waals surface area (Å²) in [5, 5.41) is 7.32. The molecule has 1 heteroatoms. The second-order valence-corrected chi connectivity index (χ2v) is 13.3. The van der Waals surface area contributed by atoms with Gasteiger partial charge in [-0.15, -0.1) is 0 Å². The second kappa shape index (κ2) is 12.0. The Morgan fingerprint density at radius 2 is 0.549 bits per heavy atom. The van der Waals surface area contributed by atoms with E-state index in [0.717, 1.165) is 21.9 Å². The first-order valence-corrected chi connectivity index (χ1v) is 17.5. The van der Waals surface area contributed by atoms with Gasteiger partial charge in [0.25, 0.3) is 0 Å². The summed E-state index contributed by atoms with van der Waals surface area (Å²) >= 11 is 0. The third-order valence-corrected chi connectivity index (χ3v) is 10.3. The molecule has 0 amide bonds. The first-order chi connectivity index (χ1) is 25.3. The highest BCUT2D eigenvalue weighted by Crippen LogP contribution is 2.44. The molecule has 0 N–H and O–H groups in total. The summed E-state index contributed by atoms with van der Waals surface area (Å²) in [6.45, 7) is 0. The van der Waals surface area contributed by atoms with Crippen LogP contribution in [0.1, 0.15) is 0 Å². The van der Waals surface area contributed by atoms with E-state index in [0.29, 0.717) is 0 Å². The predicted molar refractivity (Wildman–Crippen MR) is 216 cm³/mol. The summed E-state index contributed by atoms with van der Waals surface area (Å²) in [5.41, 5.74) is 14.0. The number of hydrogen-bond acceptors (Lipinski definition) is 1. The minimum atomic E-state index is 0.900. The van der Waals surface area contributed by atoms with Crippen molar-refractivity contribution in [1.29, 1.82) is 0 Å². The third kappa shape index (κ3) is 5.02. The van der Waals surface area contributed by atoms with Crippen molar-refractivity contribution in [1.82, 2.24) is 0 Å². The zero-order chi connectivity index (χ0) is 33.7. The Labute approximate surface area is 296 Å². The van der Waals surface area contributed by atoms with Crippen LogP contribution in [0.25, 0.3) is 99.1 Å². The molecule has 0 aliphatic heterocycles. The molecule has 1 heterocycles. The lowest BCUT2D eigenvalue weighted by molar-refractivity contribution is 0.669. The van der Waals surface area contributed by atoms with Crippen molar-refractivity contribution in [2.45, 2.75) is 0 Å². The molecule has 0 radical (unpaired) electrons. The third-order valence-electron chi connectivity index (χ3n) is 10.3. The van der Waals surface area contributed by atoms with Crippen molar-refractivity contribution in [3.63, 3.8) is 0 Å². The van der Waals surface area contributed by atoms with Gasteiger partial charge >= 0.3 is 0 Å². The van der Waals surface area contributed by atoms with E-state index < -0.39 is 0 Å². The largest absolute Gasteiger partial charge is 0.456 e. The zero-order valence-corrected chi connectivity index (χ0v) is 27.9. The molecular weight excluding hydrogens is 617 g/mol. The first kappa shape index (κ1) is 29.2. The molecule has 0 fully saturated rings. The number of furan rings is 1. The summed E-state index contributed by atoms with van der Waals surface area (Å²) in [5.74, 6) is 0. The summed E-state index contributed by atoms with van der Waals surface area (Å²) < 4.78 is 6.33. The van der Waals surface area contributed by atoms with Crippen LogP contribution in [-0.4, -0.2) is 0 Å². The smallest absolute Gasteiger partial charge is 0.135 e. The van der Waals surface area contributed by atoms with E-state index in [9.17, 15) is 0 Å². The molecule has 0 saturated heterocycles. The van der Waals surface area contributed by atoms with Crippen molar-refractivity contribution < 1.29 is 4.42 Å². The van der Waals surface area contributed by atoms with Crippen molar-refractivity contribution in [3.05, 3.63) is 194 Å². The quantitative estimate of drug-likeness (QED) is 0.169. The summed E-state index contributed by atoms with van der Waals surface area (Å²) in [7, 11) is 0. The molecule has 0 atom stereocenters. The summed E-state index contributed by atoms with van der Waals surface area (Å²) in [6, 6.07) is 69.9. The molecule has 10 aromatic rings. The van der Waals surface area contributed by atoms with Crippen LogP contribution in [0.4, 0.5) is 0 Å². The Balaban J connectivity index is 1.06. The van der Waals surface area contributed by atoms with Crippen LogP contribution in [-0.2, 0) is 0 Å². The number of rotatable bonds is 5. The predicted octanol–water partition coefficient (Wildman–Crippen LogP) is 14.2. The van der Waals surface area contributed by atoms with Gasteiger partial charge in [-0.1, -0.05) is 164 Å². The SMILES string of the molecule is c1ccc(-c2cccc(-c3ccc4oc5ccc(-c6ccc(-c7c8ccccc8c(-c8ccccc8)c8ccccc78)cc6)cc5c4c3)c2)cc1. The van der Waals surface area contributed by atoms with Crippen LogP contribution in [0.5, 0.6) is 0 Å². The molecule has 238 valence electrons. The van der Waals surface area contributed by atoms with Gasteiger partial charge in [-0.3, -0.25) is 0 Å². The van der Waals surface area contributed by atoms with Crippen LogP contribution < -0.4 is 0 Å². The zero-order valence-electron chi connectivity index (χ0n) is 27.9. The Bertz CT molecular complexity index is 2820. The maximum absolute atomic E-state index is 6.33. The highest BCUT2D eigenvalue weighted by Gasteiger charge is 2.17. The van der Waals surface area contributed by atoms with Crippen molar-refractivity contribution in [2.24, 2.45) is 0 Å². The van der Waals surface area contributed by atoms with Gasteiger partial charge in [0.1, 0.15) is 11.2 Å². The standard InChI is InChI=1S/C50H32O/c1-3-12-33(13-4-1)37-16-11-17-38(30-37)40-27-29-48-46(32-40)45-31-39(26-28-47(45)51-48)34-22-24-36(25-23-34)50-43-20-9-7-18-41(43)49(35-14-5-2-6-15-35)42-19-8-10-21-44(42)50/h1-32H. The molecule has 0 unspecified atom stereocenters. The molecule has 0 bridgehead atoms. The molecule has 0 spiro atoms. The van der Waals surface area contributed by atoms with Gasteiger partial charge in [-0.2, -0.15) is 0 Å². The Morgan fingerprint density at radius 1 is 0.216 bits per heavy atom. The highest BCUT2D eigenvalue weighted by molar-refractivity contribution is 6.21. The molecule has 1 nitrogen and oxygen atoms in total. The Hall–Kier alpha value is -6.70. The van der Waals surface area contributed by atoms with Gasteiger partial charge in [-0.05, 0) is 108 Å². The van der Waals surface area contributed by atoms with Crippen LogP contribution in [0, 0.1) is 0 Å². The van der Waals surface area contributed by atoms with Crippen LogP contribution >= 0.6 is 0 Å². The van der Waals surface area contributed by atoms with Crippen molar-refractivity contribution in [2.75, 3.05) is 0 Å².